The lowest BCUT2D eigenvalue weighted by Gasteiger charge is -2.24. The molecule has 0 saturated carbocycles. The van der Waals surface area contributed by atoms with Crippen LogP contribution in [-0.4, -0.2) is 34.0 Å². The van der Waals surface area contributed by atoms with Gasteiger partial charge in [-0.05, 0) is 54.2 Å². The predicted octanol–water partition coefficient (Wildman–Crippen LogP) is 4.09. The van der Waals surface area contributed by atoms with Gasteiger partial charge in [0.2, 0.25) is 5.91 Å². The second-order valence-electron chi connectivity index (χ2n) is 8.58. The van der Waals surface area contributed by atoms with Gasteiger partial charge in [0.25, 0.3) is 0 Å². The number of nitrogens with zero attached hydrogens (tertiary/aromatic N) is 2. The van der Waals surface area contributed by atoms with Crippen LogP contribution in [0.2, 0.25) is 0 Å². The highest BCUT2D eigenvalue weighted by Gasteiger charge is 2.47. The van der Waals surface area contributed by atoms with E-state index in [9.17, 15) is 14.0 Å². The third kappa shape index (κ3) is 4.23. The average Bonchev–Trinajstić information content (AvgIpc) is 3.09. The molecule has 1 aliphatic heterocycles. The number of fused-ring (bicyclic) bond motifs is 1. The second-order valence-corrected chi connectivity index (χ2v) is 8.58. The first-order valence-electron chi connectivity index (χ1n) is 11.2. The van der Waals surface area contributed by atoms with Crippen molar-refractivity contribution in [2.45, 2.75) is 44.9 Å². The molecule has 1 atom stereocenters. The van der Waals surface area contributed by atoms with Gasteiger partial charge in [0.1, 0.15) is 28.7 Å². The summed E-state index contributed by atoms with van der Waals surface area (Å²) in [4.78, 5) is 33.4. The van der Waals surface area contributed by atoms with Crippen molar-refractivity contribution in [3.8, 4) is 0 Å². The first-order valence-corrected chi connectivity index (χ1v) is 11.2. The van der Waals surface area contributed by atoms with Crippen LogP contribution in [-0.2, 0) is 34.3 Å². The number of nitrogens with one attached hydrogen (secondary N) is 2. The van der Waals surface area contributed by atoms with Crippen LogP contribution in [0.1, 0.15) is 53.9 Å². The van der Waals surface area contributed by atoms with Crippen LogP contribution in [0, 0.1) is 5.82 Å². The van der Waals surface area contributed by atoms with Crippen LogP contribution in [0.4, 0.5) is 16.0 Å². The van der Waals surface area contributed by atoms with Crippen molar-refractivity contribution in [3.05, 3.63) is 81.9 Å². The fraction of sp³-hybridized carbons (Fsp3) is 0.308. The van der Waals surface area contributed by atoms with Crippen molar-refractivity contribution in [3.63, 3.8) is 0 Å². The van der Waals surface area contributed by atoms with E-state index in [-0.39, 0.29) is 18.1 Å². The maximum absolute atomic E-state index is 13.6. The Hall–Kier alpha value is -3.81. The van der Waals surface area contributed by atoms with Gasteiger partial charge in [0.05, 0.1) is 5.56 Å². The van der Waals surface area contributed by atoms with E-state index < -0.39 is 11.4 Å². The molecule has 0 bridgehead atoms. The lowest BCUT2D eigenvalue weighted by molar-refractivity contribution is -0.137. The number of aromatic nitrogens is 2. The van der Waals surface area contributed by atoms with Crippen LogP contribution >= 0.6 is 0 Å². The van der Waals surface area contributed by atoms with E-state index in [0.717, 1.165) is 22.3 Å². The first kappa shape index (κ1) is 23.4. The second kappa shape index (κ2) is 9.21. The maximum Gasteiger partial charge on any atom is 0.303 e. The molecule has 0 aliphatic carbocycles. The number of halogens is 1. The summed E-state index contributed by atoms with van der Waals surface area (Å²) in [6, 6.07) is 12.1. The van der Waals surface area contributed by atoms with Crippen LogP contribution < -0.4 is 10.6 Å². The summed E-state index contributed by atoms with van der Waals surface area (Å²) in [5.41, 5.74) is 3.14. The van der Waals surface area contributed by atoms with E-state index in [1.807, 2.05) is 38.1 Å². The van der Waals surface area contributed by atoms with Gasteiger partial charge in [-0.25, -0.2) is 14.4 Å². The molecule has 4 rings (SSSR count). The number of rotatable bonds is 8. The van der Waals surface area contributed by atoms with Gasteiger partial charge in [-0.1, -0.05) is 37.3 Å². The summed E-state index contributed by atoms with van der Waals surface area (Å²) >= 11 is 0. The smallest absolute Gasteiger partial charge is 0.303 e. The molecule has 1 amide bonds. The number of carbonyl (C=O) groups excluding carboxylic acids is 1. The lowest BCUT2D eigenvalue weighted by Crippen LogP contribution is -2.33. The first-order chi connectivity index (χ1) is 16.3. The molecular weight excluding hydrogens is 435 g/mol. The van der Waals surface area contributed by atoms with E-state index in [1.54, 1.807) is 13.1 Å². The zero-order chi connectivity index (χ0) is 24.5. The molecule has 8 heteroatoms. The Balaban J connectivity index is 1.70. The van der Waals surface area contributed by atoms with Gasteiger partial charge in [0, 0.05) is 19.9 Å². The number of carboxylic acids is 1. The molecule has 2 heterocycles. The number of carboxylic acid groups (broad SMARTS) is 1. The standard InChI is InChI=1S/C26H27FN4O3/c1-4-16-13-19(27)11-8-17(16)14-20-29-23(28-3)22-24(30-20)31-25(34)26(22,2)18-9-5-15(6-10-18)7-12-21(32)33/h5-6,8-11,13H,4,7,12,14H2,1-3H3,(H,32,33)(H2,28,29,30,31,34)/t26-/m0/s1. The minimum atomic E-state index is -1.01. The SMILES string of the molecule is CCc1cc(F)ccc1Cc1nc(NC)c2c(n1)NC(=O)[C@@]2(C)c1ccc(CCC(=O)O)cc1. The number of carbonyl (C=O) groups is 2. The third-order valence-electron chi connectivity index (χ3n) is 6.43. The number of anilines is 2. The fourth-order valence-corrected chi connectivity index (χ4v) is 4.48. The van der Waals surface area contributed by atoms with Crippen molar-refractivity contribution < 1.29 is 19.1 Å². The number of hydrogen-bond donors (Lipinski definition) is 3. The largest absolute Gasteiger partial charge is 0.481 e. The zero-order valence-electron chi connectivity index (χ0n) is 19.4. The number of aliphatic carboxylic acids is 1. The molecule has 1 aliphatic rings. The topological polar surface area (TPSA) is 104 Å². The summed E-state index contributed by atoms with van der Waals surface area (Å²) in [6.45, 7) is 3.80. The molecule has 0 fully saturated rings. The third-order valence-corrected chi connectivity index (χ3v) is 6.43. The molecule has 1 aromatic heterocycles. The van der Waals surface area contributed by atoms with E-state index >= 15 is 0 Å². The van der Waals surface area contributed by atoms with Gasteiger partial charge < -0.3 is 15.7 Å². The minimum Gasteiger partial charge on any atom is -0.481 e. The monoisotopic (exact) mass is 462 g/mol. The highest BCUT2D eigenvalue weighted by molar-refractivity contribution is 6.09. The highest BCUT2D eigenvalue weighted by atomic mass is 19.1. The Morgan fingerprint density at radius 3 is 2.53 bits per heavy atom. The van der Waals surface area contributed by atoms with Crippen molar-refractivity contribution in [1.29, 1.82) is 0 Å². The summed E-state index contributed by atoms with van der Waals surface area (Å²) in [5.74, 6) is 0.201. The minimum absolute atomic E-state index is 0.0499. The fourth-order valence-electron chi connectivity index (χ4n) is 4.48. The number of aryl methyl sites for hydroxylation is 2. The predicted molar refractivity (Wildman–Crippen MR) is 128 cm³/mol. The number of benzene rings is 2. The molecular formula is C26H27FN4O3. The normalized spacial score (nSPS) is 16.8. The maximum atomic E-state index is 13.6. The Morgan fingerprint density at radius 1 is 1.15 bits per heavy atom. The Labute approximate surface area is 197 Å². The van der Waals surface area contributed by atoms with Gasteiger partial charge in [-0.15, -0.1) is 0 Å². The molecule has 2 aromatic carbocycles. The quantitative estimate of drug-likeness (QED) is 0.466. The van der Waals surface area contributed by atoms with Crippen LogP contribution in [0.5, 0.6) is 0 Å². The Morgan fingerprint density at radius 2 is 1.88 bits per heavy atom. The van der Waals surface area contributed by atoms with Gasteiger partial charge in [-0.2, -0.15) is 0 Å². The van der Waals surface area contributed by atoms with Gasteiger partial charge >= 0.3 is 5.97 Å². The molecule has 0 saturated heterocycles. The van der Waals surface area contributed by atoms with Crippen LogP contribution in [0.3, 0.4) is 0 Å². The highest BCUT2D eigenvalue weighted by Crippen LogP contribution is 2.45. The molecule has 3 N–H and O–H groups in total. The summed E-state index contributed by atoms with van der Waals surface area (Å²) in [7, 11) is 1.75. The summed E-state index contributed by atoms with van der Waals surface area (Å²) < 4.78 is 13.6. The van der Waals surface area contributed by atoms with Crippen molar-refractivity contribution in [2.75, 3.05) is 17.7 Å². The molecule has 34 heavy (non-hydrogen) atoms. The number of hydrogen-bond acceptors (Lipinski definition) is 5. The molecule has 0 unspecified atom stereocenters. The Bertz CT molecular complexity index is 1260. The zero-order valence-corrected chi connectivity index (χ0v) is 19.4. The van der Waals surface area contributed by atoms with Gasteiger partial charge in [0.15, 0.2) is 0 Å². The van der Waals surface area contributed by atoms with E-state index in [1.165, 1.54) is 12.1 Å². The van der Waals surface area contributed by atoms with Crippen molar-refractivity contribution in [1.82, 2.24) is 9.97 Å². The Kier molecular flexibility index (Phi) is 6.32. The van der Waals surface area contributed by atoms with Crippen molar-refractivity contribution in [2.24, 2.45) is 0 Å². The number of amides is 1. The molecule has 7 nitrogen and oxygen atoms in total. The van der Waals surface area contributed by atoms with Crippen LogP contribution in [0.15, 0.2) is 42.5 Å². The molecule has 0 spiro atoms. The van der Waals surface area contributed by atoms with E-state index in [4.69, 9.17) is 10.1 Å². The summed E-state index contributed by atoms with van der Waals surface area (Å²) in [5, 5.41) is 14.9. The lowest BCUT2D eigenvalue weighted by atomic mass is 9.77. The van der Waals surface area contributed by atoms with Crippen molar-refractivity contribution >= 4 is 23.5 Å². The molecule has 176 valence electrons. The van der Waals surface area contributed by atoms with E-state index in [2.05, 4.69) is 15.6 Å². The molecule has 0 radical (unpaired) electrons. The molecule has 3 aromatic rings. The summed E-state index contributed by atoms with van der Waals surface area (Å²) in [6.07, 6.45) is 1.57. The van der Waals surface area contributed by atoms with Crippen LogP contribution in [0.25, 0.3) is 0 Å². The van der Waals surface area contributed by atoms with Gasteiger partial charge in [-0.3, -0.25) is 9.59 Å². The average molecular weight is 463 g/mol. The van der Waals surface area contributed by atoms with E-state index in [0.29, 0.717) is 42.3 Å².